The summed E-state index contributed by atoms with van der Waals surface area (Å²) in [6, 6.07) is 0.986. The Kier molecular flexibility index (Phi) is 7.94. The van der Waals surface area contributed by atoms with E-state index in [-0.39, 0.29) is 42.9 Å². The maximum atomic E-state index is 12.9. The molecule has 3 aromatic heterocycles. The highest BCUT2D eigenvalue weighted by Gasteiger charge is 2.54. The average Bonchev–Trinajstić information content (AvgIpc) is 3.45. The maximum absolute atomic E-state index is 12.9. The van der Waals surface area contributed by atoms with Gasteiger partial charge in [-0.1, -0.05) is 0 Å². The maximum Gasteiger partial charge on any atom is 0.352 e. The lowest BCUT2D eigenvalue weighted by Crippen LogP contribution is -2.70. The van der Waals surface area contributed by atoms with E-state index in [1.54, 1.807) is 18.4 Å². The van der Waals surface area contributed by atoms with Crippen LogP contribution < -0.4 is 11.1 Å². The second kappa shape index (κ2) is 10.8. The van der Waals surface area contributed by atoms with Gasteiger partial charge >= 0.3 is 5.97 Å². The number of amides is 2. The van der Waals surface area contributed by atoms with Crippen LogP contribution in [0.15, 0.2) is 27.7 Å². The van der Waals surface area contributed by atoms with Crippen LogP contribution in [0.5, 0.6) is 0 Å². The van der Waals surface area contributed by atoms with E-state index in [2.05, 4.69) is 25.4 Å². The Hall–Kier alpha value is -2.92. The van der Waals surface area contributed by atoms with Crippen molar-refractivity contribution in [3.63, 3.8) is 0 Å². The molecule has 0 aliphatic carbocycles. The van der Waals surface area contributed by atoms with Crippen molar-refractivity contribution >= 4 is 76.0 Å². The summed E-state index contributed by atoms with van der Waals surface area (Å²) in [5.41, 5.74) is 7.32. The third kappa shape index (κ3) is 5.24. The quantitative estimate of drug-likeness (QED) is 0.163. The molecule has 1 unspecified atom stereocenters. The van der Waals surface area contributed by atoms with Crippen molar-refractivity contribution in [3.8, 4) is 0 Å². The van der Waals surface area contributed by atoms with Crippen molar-refractivity contribution in [2.24, 2.45) is 0 Å². The molecule has 0 radical (unpaired) electrons. The zero-order chi connectivity index (χ0) is 25.6. The third-order valence-electron chi connectivity index (χ3n) is 5.46. The molecule has 2 atom stereocenters. The number of fused-ring (bicyclic) bond motifs is 2. The van der Waals surface area contributed by atoms with Gasteiger partial charge < -0.3 is 21.3 Å². The summed E-state index contributed by atoms with van der Waals surface area (Å²) in [7, 11) is 0. The summed E-state index contributed by atoms with van der Waals surface area (Å²) < 4.78 is 1.50. The van der Waals surface area contributed by atoms with Gasteiger partial charge in [0, 0.05) is 22.6 Å². The van der Waals surface area contributed by atoms with Crippen LogP contribution in [0, 0.1) is 6.92 Å². The van der Waals surface area contributed by atoms with Gasteiger partial charge in [0.25, 0.3) is 11.7 Å². The average molecular weight is 585 g/mol. The van der Waals surface area contributed by atoms with E-state index in [1.165, 1.54) is 44.3 Å². The van der Waals surface area contributed by atoms with Crippen LogP contribution in [0.25, 0.3) is 5.78 Å². The van der Waals surface area contributed by atoms with Gasteiger partial charge in [0.1, 0.15) is 28.7 Å². The minimum Gasteiger partial charge on any atom is -0.477 e. The smallest absolute Gasteiger partial charge is 0.352 e. The lowest BCUT2D eigenvalue weighted by atomic mass is 10.0. The number of carboxylic acids is 1. The molecule has 2 amide bonds. The van der Waals surface area contributed by atoms with Gasteiger partial charge in [-0.15, -0.1) is 52.4 Å². The largest absolute Gasteiger partial charge is 0.477 e. The first-order valence-corrected chi connectivity index (χ1v) is 13.5. The highest BCUT2D eigenvalue weighted by Crippen LogP contribution is 2.41. The number of aliphatic hydroxyl groups excluding tert-OH is 1. The van der Waals surface area contributed by atoms with Gasteiger partial charge in [-0.25, -0.2) is 14.8 Å². The first-order chi connectivity index (χ1) is 17.2. The van der Waals surface area contributed by atoms with Gasteiger partial charge in [-0.2, -0.15) is 9.50 Å². The molecule has 0 spiro atoms. The fourth-order valence-electron chi connectivity index (χ4n) is 3.91. The number of rotatable bonds is 8. The number of aromatic nitrogens is 5. The SMILES string of the molecule is Cc1cc(SCC2=C(C(=O)O)N3C(=O)C(NC(=O)Cc4csc(N)n4)[C@@H]3SC2)n2nc(CO)nc2n1.Cl. The Balaban J connectivity index is 0.00000320. The predicted octanol–water partition coefficient (Wildman–Crippen LogP) is 0.459. The number of carboxylic acid groups (broad SMARTS) is 1. The number of thiazole rings is 1. The fraction of sp³-hybridized carbons (Fsp3) is 0.350. The number of hydrogen-bond donors (Lipinski definition) is 4. The Morgan fingerprint density at radius 1 is 1.32 bits per heavy atom. The van der Waals surface area contributed by atoms with Crippen LogP contribution >= 0.6 is 47.3 Å². The number of nitrogen functional groups attached to an aromatic ring is 1. The lowest BCUT2D eigenvalue weighted by Gasteiger charge is -2.49. The number of carbonyl (C=O) groups is 3. The van der Waals surface area contributed by atoms with Crippen LogP contribution in [0.1, 0.15) is 17.2 Å². The number of β-lactam (4-membered cyclic amide) rings is 1. The van der Waals surface area contributed by atoms with Crippen LogP contribution in [0.3, 0.4) is 0 Å². The van der Waals surface area contributed by atoms with E-state index < -0.39 is 23.3 Å². The normalized spacial score (nSPS) is 18.9. The highest BCUT2D eigenvalue weighted by atomic mass is 35.5. The zero-order valence-electron chi connectivity index (χ0n) is 19.2. The van der Waals surface area contributed by atoms with Crippen LogP contribution in [0.4, 0.5) is 5.13 Å². The van der Waals surface area contributed by atoms with Crippen molar-refractivity contribution in [2.45, 2.75) is 36.4 Å². The minimum absolute atomic E-state index is 0. The fourth-order valence-corrected chi connectivity index (χ4v) is 7.01. The Bertz CT molecular complexity index is 1430. The van der Waals surface area contributed by atoms with Gasteiger partial charge in [-0.05, 0) is 18.6 Å². The van der Waals surface area contributed by atoms with Crippen molar-refractivity contribution in [2.75, 3.05) is 17.2 Å². The summed E-state index contributed by atoms with van der Waals surface area (Å²) in [6.45, 7) is 1.47. The van der Waals surface area contributed by atoms with Crippen molar-refractivity contribution in [1.29, 1.82) is 0 Å². The molecule has 5 N–H and O–H groups in total. The second-order valence-electron chi connectivity index (χ2n) is 7.99. The molecule has 0 saturated carbocycles. The molecule has 5 heterocycles. The van der Waals surface area contributed by atoms with E-state index in [9.17, 15) is 24.6 Å². The first kappa shape index (κ1) is 27.1. The van der Waals surface area contributed by atoms with E-state index in [4.69, 9.17) is 5.73 Å². The van der Waals surface area contributed by atoms with Gasteiger partial charge in [-0.3, -0.25) is 14.5 Å². The summed E-state index contributed by atoms with van der Waals surface area (Å²) in [6.07, 6.45) is -0.0154. The number of nitrogens with zero attached hydrogens (tertiary/aromatic N) is 6. The third-order valence-corrected chi connectivity index (χ3v) is 8.61. The van der Waals surface area contributed by atoms with Crippen LogP contribution in [-0.2, 0) is 27.4 Å². The van der Waals surface area contributed by atoms with Gasteiger partial charge in [0.15, 0.2) is 11.0 Å². The number of aryl methyl sites for hydroxylation is 1. The van der Waals surface area contributed by atoms with Crippen molar-refractivity contribution in [1.82, 2.24) is 34.8 Å². The van der Waals surface area contributed by atoms with Crippen molar-refractivity contribution < 1.29 is 24.6 Å². The number of aliphatic hydroxyl groups is 1. The molecule has 13 nitrogen and oxygen atoms in total. The molecule has 3 aromatic rings. The molecule has 5 rings (SSSR count). The van der Waals surface area contributed by atoms with Gasteiger partial charge in [0.05, 0.1) is 12.1 Å². The molecule has 2 aliphatic heterocycles. The minimum atomic E-state index is -1.20. The summed E-state index contributed by atoms with van der Waals surface area (Å²) in [5.74, 6) is -0.813. The monoisotopic (exact) mass is 584 g/mol. The number of halogens is 1. The molecular weight excluding hydrogens is 564 g/mol. The number of aliphatic carboxylic acids is 1. The number of anilines is 1. The Labute approximate surface area is 228 Å². The number of nitrogens with one attached hydrogen (secondary N) is 1. The van der Waals surface area contributed by atoms with Crippen LogP contribution in [-0.4, -0.2) is 80.4 Å². The first-order valence-electron chi connectivity index (χ1n) is 10.6. The Morgan fingerprint density at radius 3 is 2.78 bits per heavy atom. The summed E-state index contributed by atoms with van der Waals surface area (Å²) in [5, 5.41) is 28.4. The number of hydrogen-bond acceptors (Lipinski definition) is 12. The van der Waals surface area contributed by atoms with Crippen molar-refractivity contribution in [3.05, 3.63) is 39.9 Å². The second-order valence-corrected chi connectivity index (χ2v) is 11.0. The molecule has 1 saturated heterocycles. The molecule has 0 bridgehead atoms. The zero-order valence-corrected chi connectivity index (χ0v) is 22.4. The number of carbonyl (C=O) groups excluding carboxylic acids is 2. The van der Waals surface area contributed by atoms with Crippen LogP contribution in [0.2, 0.25) is 0 Å². The lowest BCUT2D eigenvalue weighted by molar-refractivity contribution is -0.150. The molecule has 37 heavy (non-hydrogen) atoms. The van der Waals surface area contributed by atoms with E-state index >= 15 is 0 Å². The summed E-state index contributed by atoms with van der Waals surface area (Å²) in [4.78, 5) is 51.2. The predicted molar refractivity (Wildman–Crippen MR) is 139 cm³/mol. The van der Waals surface area contributed by atoms with E-state index in [0.717, 1.165) is 0 Å². The van der Waals surface area contributed by atoms with Gasteiger partial charge in [0.2, 0.25) is 5.91 Å². The molecule has 196 valence electrons. The number of nitrogens with two attached hydrogens (primary N) is 1. The topological polar surface area (TPSA) is 189 Å². The molecule has 1 fully saturated rings. The summed E-state index contributed by atoms with van der Waals surface area (Å²) >= 11 is 3.96. The number of thioether (sulfide) groups is 2. The Morgan fingerprint density at radius 2 is 2.11 bits per heavy atom. The molecule has 17 heteroatoms. The standard InChI is InChI=1S/C20H20N8O5S3.ClH/c1-8-2-13(28-20(22-8)24-11(4-29)26-28)34-5-9-6-35-17-14(16(31)27(17)15(9)18(32)33)25-12(30)3-10-7-36-19(21)23-10;/h2,7,14,17,29H,3-6H2,1H3,(H2,21,23)(H,25,30)(H,32,33);1H/t14?,17-;/m0./s1. The van der Waals surface area contributed by atoms with E-state index in [1.807, 2.05) is 0 Å². The molecule has 2 aliphatic rings. The molecule has 0 aromatic carbocycles. The van der Waals surface area contributed by atoms with E-state index in [0.29, 0.717) is 44.4 Å². The molecular formula is C20H21ClN8O5S3. The highest BCUT2D eigenvalue weighted by molar-refractivity contribution is 8.01.